The van der Waals surface area contributed by atoms with Crippen LogP contribution in [0.25, 0.3) is 0 Å². The van der Waals surface area contributed by atoms with E-state index >= 15 is 0 Å². The molecule has 0 aliphatic rings. The van der Waals surface area contributed by atoms with Crippen molar-refractivity contribution in [3.05, 3.63) is 0 Å². The van der Waals surface area contributed by atoms with Crippen molar-refractivity contribution in [2.75, 3.05) is 17.4 Å². The molecule has 92 valence electrons. The fourth-order valence-corrected chi connectivity index (χ4v) is 2.75. The van der Waals surface area contributed by atoms with Gasteiger partial charge in [-0.1, -0.05) is 0 Å². The molecule has 0 bridgehead atoms. The predicted molar refractivity (Wildman–Crippen MR) is 53.9 cm³/mol. The van der Waals surface area contributed by atoms with Gasteiger partial charge in [0.2, 0.25) is 0 Å². The Hall–Kier alpha value is 0.0300. The van der Waals surface area contributed by atoms with E-state index in [0.717, 1.165) is 0 Å². The van der Waals surface area contributed by atoms with E-state index in [1.165, 1.54) is 0 Å². The molecule has 0 amide bonds. The van der Waals surface area contributed by atoms with E-state index < -0.39 is 22.4 Å². The number of halogens is 4. The van der Waals surface area contributed by atoms with Gasteiger partial charge in [0.05, 0.1) is 11.5 Å². The fraction of sp³-hybridized carbons (Fsp3) is 1.00. The second-order valence-corrected chi connectivity index (χ2v) is 5.95. The minimum absolute atomic E-state index is 0.0392. The maximum Gasteiger partial charge on any atom is 0.389 e. The normalized spacial score (nSPS) is 13.1. The largest absolute Gasteiger partial charge is 0.389 e. The molecule has 0 fully saturated rings. The van der Waals surface area contributed by atoms with Crippen LogP contribution in [0.2, 0.25) is 0 Å². The Morgan fingerprint density at radius 1 is 1.00 bits per heavy atom. The molecule has 0 saturated carbocycles. The number of hydrogen-bond donors (Lipinski definition) is 0. The van der Waals surface area contributed by atoms with Gasteiger partial charge in [-0.25, -0.2) is 8.42 Å². The summed E-state index contributed by atoms with van der Waals surface area (Å²) in [5.74, 6) is 0.0320. The summed E-state index contributed by atoms with van der Waals surface area (Å²) in [7, 11) is -3.21. The van der Waals surface area contributed by atoms with Gasteiger partial charge >= 0.3 is 6.18 Å². The third-order valence-corrected chi connectivity index (χ3v) is 3.84. The zero-order chi connectivity index (χ0) is 11.9. The third kappa shape index (κ3) is 10.3. The van der Waals surface area contributed by atoms with Crippen molar-refractivity contribution in [1.82, 2.24) is 0 Å². The standard InChI is InChI=1S/C8H14ClF3O2S/c9-5-3-7-15(13,14)6-2-1-4-8(10,11)12/h1-7H2. The molecule has 0 atom stereocenters. The molecule has 0 aliphatic carbocycles. The summed E-state index contributed by atoms with van der Waals surface area (Å²) in [4.78, 5) is 0. The topological polar surface area (TPSA) is 34.1 Å². The van der Waals surface area contributed by atoms with Crippen LogP contribution in [0.3, 0.4) is 0 Å². The van der Waals surface area contributed by atoms with Gasteiger partial charge in [0, 0.05) is 12.3 Å². The molecule has 0 saturated heterocycles. The van der Waals surface area contributed by atoms with E-state index in [9.17, 15) is 21.6 Å². The van der Waals surface area contributed by atoms with Gasteiger partial charge in [-0.3, -0.25) is 0 Å². The second-order valence-electron chi connectivity index (χ2n) is 3.27. The van der Waals surface area contributed by atoms with Gasteiger partial charge in [-0.2, -0.15) is 13.2 Å². The van der Waals surface area contributed by atoms with Crippen LogP contribution in [0.15, 0.2) is 0 Å². The average molecular weight is 267 g/mol. The van der Waals surface area contributed by atoms with Gasteiger partial charge in [0.1, 0.15) is 9.84 Å². The second kappa shape index (κ2) is 6.58. The van der Waals surface area contributed by atoms with Crippen molar-refractivity contribution in [2.45, 2.75) is 31.9 Å². The van der Waals surface area contributed by atoms with Crippen LogP contribution >= 0.6 is 11.6 Å². The van der Waals surface area contributed by atoms with Crippen molar-refractivity contribution in [3.8, 4) is 0 Å². The number of rotatable bonds is 7. The molecule has 0 rings (SSSR count). The van der Waals surface area contributed by atoms with Gasteiger partial charge in [-0.05, 0) is 19.3 Å². The minimum Gasteiger partial charge on any atom is -0.229 e. The number of sulfone groups is 1. The average Bonchev–Trinajstić information content (AvgIpc) is 2.08. The van der Waals surface area contributed by atoms with Crippen molar-refractivity contribution in [3.63, 3.8) is 0 Å². The molecule has 0 aromatic carbocycles. The Labute approximate surface area is 92.7 Å². The Morgan fingerprint density at radius 3 is 2.00 bits per heavy atom. The van der Waals surface area contributed by atoms with Crippen LogP contribution in [0.4, 0.5) is 13.2 Å². The Morgan fingerprint density at radius 2 is 1.53 bits per heavy atom. The van der Waals surface area contributed by atoms with Crippen LogP contribution in [-0.4, -0.2) is 32.0 Å². The van der Waals surface area contributed by atoms with Crippen molar-refractivity contribution < 1.29 is 21.6 Å². The summed E-state index contributed by atoms with van der Waals surface area (Å²) in [6, 6.07) is 0. The summed E-state index contributed by atoms with van der Waals surface area (Å²) in [5.41, 5.74) is 0. The lowest BCUT2D eigenvalue weighted by Crippen LogP contribution is -2.13. The first-order valence-corrected chi connectivity index (χ1v) is 6.95. The molecule has 7 heteroatoms. The fourth-order valence-electron chi connectivity index (χ4n) is 1.02. The molecule has 0 aromatic heterocycles. The SMILES string of the molecule is O=S(=O)(CCCCl)CCCCC(F)(F)F. The summed E-state index contributed by atoms with van der Waals surface area (Å²) < 4.78 is 57.5. The van der Waals surface area contributed by atoms with Crippen molar-refractivity contribution >= 4 is 21.4 Å². The molecule has 2 nitrogen and oxygen atoms in total. The zero-order valence-corrected chi connectivity index (χ0v) is 9.76. The highest BCUT2D eigenvalue weighted by atomic mass is 35.5. The first kappa shape index (κ1) is 15.0. The molecule has 0 spiro atoms. The third-order valence-electron chi connectivity index (χ3n) is 1.75. The molecule has 0 N–H and O–H groups in total. The van der Waals surface area contributed by atoms with Gasteiger partial charge in [0.25, 0.3) is 0 Å². The smallest absolute Gasteiger partial charge is 0.229 e. The number of unbranched alkanes of at least 4 members (excludes halogenated alkanes) is 1. The lowest BCUT2D eigenvalue weighted by molar-refractivity contribution is -0.135. The first-order valence-electron chi connectivity index (χ1n) is 4.60. The Kier molecular flexibility index (Phi) is 6.59. The van der Waals surface area contributed by atoms with E-state index in [2.05, 4.69) is 0 Å². The van der Waals surface area contributed by atoms with Gasteiger partial charge in [0.15, 0.2) is 0 Å². The molecule has 0 unspecified atom stereocenters. The van der Waals surface area contributed by atoms with E-state index in [-0.39, 0.29) is 30.2 Å². The van der Waals surface area contributed by atoms with Crippen LogP contribution in [0, 0.1) is 0 Å². The number of alkyl halides is 4. The van der Waals surface area contributed by atoms with E-state index in [0.29, 0.717) is 6.42 Å². The minimum atomic E-state index is -4.19. The van der Waals surface area contributed by atoms with Crippen LogP contribution in [0.1, 0.15) is 25.7 Å². The van der Waals surface area contributed by atoms with E-state index in [1.807, 2.05) is 0 Å². The molecule has 0 radical (unpaired) electrons. The van der Waals surface area contributed by atoms with Crippen LogP contribution in [-0.2, 0) is 9.84 Å². The lowest BCUT2D eigenvalue weighted by Gasteiger charge is -2.06. The molecule has 0 aliphatic heterocycles. The number of hydrogen-bond acceptors (Lipinski definition) is 2. The van der Waals surface area contributed by atoms with E-state index in [1.54, 1.807) is 0 Å². The Bertz CT molecular complexity index is 262. The monoisotopic (exact) mass is 266 g/mol. The van der Waals surface area contributed by atoms with Crippen LogP contribution < -0.4 is 0 Å². The van der Waals surface area contributed by atoms with E-state index in [4.69, 9.17) is 11.6 Å². The molecule has 15 heavy (non-hydrogen) atoms. The Balaban J connectivity index is 3.67. The maximum atomic E-state index is 11.7. The van der Waals surface area contributed by atoms with Crippen molar-refractivity contribution in [1.29, 1.82) is 0 Å². The summed E-state index contributed by atoms with van der Waals surface area (Å²) in [5, 5.41) is 0. The first-order chi connectivity index (χ1) is 6.77. The highest BCUT2D eigenvalue weighted by Crippen LogP contribution is 2.22. The van der Waals surface area contributed by atoms with Gasteiger partial charge < -0.3 is 0 Å². The van der Waals surface area contributed by atoms with Crippen LogP contribution in [0.5, 0.6) is 0 Å². The summed E-state index contributed by atoms with van der Waals surface area (Å²) >= 11 is 5.32. The molecule has 0 aromatic rings. The van der Waals surface area contributed by atoms with Crippen molar-refractivity contribution in [2.24, 2.45) is 0 Å². The molecular weight excluding hydrogens is 253 g/mol. The highest BCUT2D eigenvalue weighted by Gasteiger charge is 2.26. The maximum absolute atomic E-state index is 11.7. The highest BCUT2D eigenvalue weighted by molar-refractivity contribution is 7.91. The summed E-state index contributed by atoms with van der Waals surface area (Å²) in [6.45, 7) is 0. The zero-order valence-electron chi connectivity index (χ0n) is 8.19. The molecule has 0 heterocycles. The summed E-state index contributed by atoms with van der Waals surface area (Å²) in [6.07, 6.45) is -4.84. The quantitative estimate of drug-likeness (QED) is 0.524. The lowest BCUT2D eigenvalue weighted by atomic mass is 10.2. The van der Waals surface area contributed by atoms with Gasteiger partial charge in [-0.15, -0.1) is 11.6 Å². The molecular formula is C8H14ClF3O2S. The predicted octanol–water partition coefficient (Wildman–Crippen LogP) is 2.76.